The highest BCUT2D eigenvalue weighted by molar-refractivity contribution is 8.00. The molecule has 1 atom stereocenters. The predicted molar refractivity (Wildman–Crippen MR) is 60.3 cm³/mol. The van der Waals surface area contributed by atoms with Crippen molar-refractivity contribution in [2.24, 2.45) is 5.73 Å². The second kappa shape index (κ2) is 6.40. The van der Waals surface area contributed by atoms with Crippen molar-refractivity contribution < 1.29 is 0 Å². The van der Waals surface area contributed by atoms with E-state index in [-0.39, 0.29) is 0 Å². The van der Waals surface area contributed by atoms with E-state index < -0.39 is 0 Å². The lowest BCUT2D eigenvalue weighted by molar-refractivity contribution is 0.618. The molecule has 0 unspecified atom stereocenters. The average Bonchev–Trinajstić information content (AvgIpc) is 2.55. The third kappa shape index (κ3) is 5.29. The summed E-state index contributed by atoms with van der Waals surface area (Å²) in [6, 6.07) is 0.352. The van der Waals surface area contributed by atoms with Crippen LogP contribution in [0.2, 0.25) is 0 Å². The highest BCUT2D eigenvalue weighted by Gasteiger charge is 1.97. The minimum Gasteiger partial charge on any atom is -0.328 e. The first-order chi connectivity index (χ1) is 6.29. The Labute approximate surface area is 87.9 Å². The lowest BCUT2D eigenvalue weighted by atomic mass is 10.2. The smallest absolute Gasteiger partial charge is 0.149 e. The van der Waals surface area contributed by atoms with Gasteiger partial charge in [0, 0.05) is 23.4 Å². The number of rotatable bonds is 6. The summed E-state index contributed by atoms with van der Waals surface area (Å²) in [7, 11) is 0. The summed E-state index contributed by atoms with van der Waals surface area (Å²) in [5, 5.41) is 2.02. The molecular formula is C9H16N2S2. The van der Waals surface area contributed by atoms with E-state index in [1.807, 2.05) is 23.3 Å². The van der Waals surface area contributed by atoms with Crippen LogP contribution in [0.15, 0.2) is 15.9 Å². The largest absolute Gasteiger partial charge is 0.328 e. The van der Waals surface area contributed by atoms with Crippen LogP contribution in [0.1, 0.15) is 26.2 Å². The van der Waals surface area contributed by atoms with Crippen molar-refractivity contribution in [1.29, 1.82) is 0 Å². The van der Waals surface area contributed by atoms with Gasteiger partial charge in [0.05, 0.1) is 0 Å². The number of hydrogen-bond acceptors (Lipinski definition) is 4. The number of nitrogens with two attached hydrogens (primary N) is 1. The van der Waals surface area contributed by atoms with Crippen molar-refractivity contribution in [3.05, 3.63) is 11.6 Å². The van der Waals surface area contributed by atoms with Gasteiger partial charge in [-0.05, 0) is 19.8 Å². The first kappa shape index (κ1) is 11.0. The average molecular weight is 216 g/mol. The van der Waals surface area contributed by atoms with Gasteiger partial charge >= 0.3 is 0 Å². The zero-order valence-electron chi connectivity index (χ0n) is 7.90. The van der Waals surface area contributed by atoms with Crippen LogP contribution < -0.4 is 5.73 Å². The van der Waals surface area contributed by atoms with Crippen LogP contribution in [0.25, 0.3) is 0 Å². The molecule has 4 heteroatoms. The Hall–Kier alpha value is -0.0600. The summed E-state index contributed by atoms with van der Waals surface area (Å²) >= 11 is 3.56. The zero-order chi connectivity index (χ0) is 9.52. The molecule has 2 nitrogen and oxygen atoms in total. The summed E-state index contributed by atoms with van der Waals surface area (Å²) < 4.78 is 1.18. The molecule has 0 amide bonds. The summed E-state index contributed by atoms with van der Waals surface area (Å²) in [6.45, 7) is 2.06. The molecule has 0 spiro atoms. The van der Waals surface area contributed by atoms with Gasteiger partial charge in [0.25, 0.3) is 0 Å². The van der Waals surface area contributed by atoms with Crippen LogP contribution in [-0.4, -0.2) is 16.8 Å². The molecule has 74 valence electrons. The molecule has 1 heterocycles. The van der Waals surface area contributed by atoms with Gasteiger partial charge in [-0.15, -0.1) is 11.3 Å². The second-order valence-electron chi connectivity index (χ2n) is 3.12. The summed E-state index contributed by atoms with van der Waals surface area (Å²) in [5.41, 5.74) is 5.65. The molecule has 0 aliphatic carbocycles. The van der Waals surface area contributed by atoms with Gasteiger partial charge < -0.3 is 5.73 Å². The second-order valence-corrected chi connectivity index (χ2v) is 5.36. The van der Waals surface area contributed by atoms with E-state index in [1.165, 1.54) is 22.9 Å². The fourth-order valence-electron chi connectivity index (χ4n) is 1.01. The number of unbranched alkanes of at least 4 members (excludes halogenated alkanes) is 1. The quantitative estimate of drug-likeness (QED) is 0.587. The molecule has 13 heavy (non-hydrogen) atoms. The van der Waals surface area contributed by atoms with Crippen molar-refractivity contribution in [3.63, 3.8) is 0 Å². The molecule has 1 rings (SSSR count). The van der Waals surface area contributed by atoms with Crippen LogP contribution in [0, 0.1) is 0 Å². The van der Waals surface area contributed by atoms with Gasteiger partial charge in [-0.2, -0.15) is 0 Å². The molecule has 0 saturated heterocycles. The van der Waals surface area contributed by atoms with Crippen molar-refractivity contribution in [2.45, 2.75) is 36.6 Å². The third-order valence-electron chi connectivity index (χ3n) is 1.69. The monoisotopic (exact) mass is 216 g/mol. The Balaban J connectivity index is 1.96. The number of nitrogens with zero attached hydrogens (tertiary/aromatic N) is 1. The molecule has 0 aliphatic rings. The highest BCUT2D eigenvalue weighted by atomic mass is 32.2. The number of aromatic nitrogens is 1. The minimum atomic E-state index is 0.352. The lowest BCUT2D eigenvalue weighted by Crippen LogP contribution is -2.13. The van der Waals surface area contributed by atoms with E-state index in [9.17, 15) is 0 Å². The maximum Gasteiger partial charge on any atom is 0.149 e. The Bertz CT molecular complexity index is 209. The van der Waals surface area contributed by atoms with Gasteiger partial charge in [-0.1, -0.05) is 18.2 Å². The topological polar surface area (TPSA) is 38.9 Å². The van der Waals surface area contributed by atoms with E-state index in [4.69, 9.17) is 5.73 Å². The van der Waals surface area contributed by atoms with Crippen LogP contribution in [0.4, 0.5) is 0 Å². The Morgan fingerprint density at radius 3 is 3.08 bits per heavy atom. The maximum absolute atomic E-state index is 5.65. The molecule has 0 saturated carbocycles. The number of thiazole rings is 1. The molecule has 0 bridgehead atoms. The summed E-state index contributed by atoms with van der Waals surface area (Å²) in [5.74, 6) is 1.17. The van der Waals surface area contributed by atoms with Crippen LogP contribution >= 0.6 is 23.1 Å². The Morgan fingerprint density at radius 2 is 2.46 bits per heavy atom. The first-order valence-corrected chi connectivity index (χ1v) is 6.43. The lowest BCUT2D eigenvalue weighted by Gasteiger charge is -2.02. The van der Waals surface area contributed by atoms with Gasteiger partial charge in [-0.25, -0.2) is 4.98 Å². The van der Waals surface area contributed by atoms with Crippen LogP contribution in [0.3, 0.4) is 0 Å². The normalized spacial score (nSPS) is 13.1. The molecule has 1 aromatic heterocycles. The fraction of sp³-hybridized carbons (Fsp3) is 0.667. The van der Waals surface area contributed by atoms with Crippen molar-refractivity contribution in [2.75, 3.05) is 5.75 Å². The standard InChI is InChI=1S/C9H16N2S2/c1-8(10)4-2-3-6-12-9-11-5-7-13-9/h5,7-8H,2-4,6,10H2,1H3/t8-/m1/s1. The summed E-state index contributed by atoms with van der Waals surface area (Å²) in [4.78, 5) is 4.21. The van der Waals surface area contributed by atoms with Crippen molar-refractivity contribution in [3.8, 4) is 0 Å². The Morgan fingerprint density at radius 1 is 1.62 bits per heavy atom. The van der Waals surface area contributed by atoms with E-state index in [1.54, 1.807) is 11.3 Å². The third-order valence-corrected chi connectivity index (χ3v) is 3.74. The Kier molecular flexibility index (Phi) is 5.43. The van der Waals surface area contributed by atoms with E-state index in [0.717, 1.165) is 6.42 Å². The molecule has 2 N–H and O–H groups in total. The van der Waals surface area contributed by atoms with Gasteiger partial charge in [-0.3, -0.25) is 0 Å². The van der Waals surface area contributed by atoms with E-state index in [0.29, 0.717) is 6.04 Å². The molecule has 0 aliphatic heterocycles. The summed E-state index contributed by atoms with van der Waals surface area (Å²) in [6.07, 6.45) is 5.47. The molecule has 0 radical (unpaired) electrons. The minimum absolute atomic E-state index is 0.352. The van der Waals surface area contributed by atoms with E-state index in [2.05, 4.69) is 11.9 Å². The van der Waals surface area contributed by atoms with Crippen molar-refractivity contribution >= 4 is 23.1 Å². The van der Waals surface area contributed by atoms with Crippen molar-refractivity contribution in [1.82, 2.24) is 4.98 Å². The number of thioether (sulfide) groups is 1. The molecular weight excluding hydrogens is 200 g/mol. The molecule has 1 aromatic rings. The maximum atomic E-state index is 5.65. The first-order valence-electron chi connectivity index (χ1n) is 4.57. The molecule has 0 fully saturated rings. The fourth-order valence-corrected chi connectivity index (χ4v) is 2.72. The van der Waals surface area contributed by atoms with Crippen LogP contribution in [0.5, 0.6) is 0 Å². The van der Waals surface area contributed by atoms with E-state index >= 15 is 0 Å². The van der Waals surface area contributed by atoms with Crippen LogP contribution in [-0.2, 0) is 0 Å². The van der Waals surface area contributed by atoms with Gasteiger partial charge in [0.15, 0.2) is 0 Å². The highest BCUT2D eigenvalue weighted by Crippen LogP contribution is 2.21. The van der Waals surface area contributed by atoms with Gasteiger partial charge in [0.1, 0.15) is 4.34 Å². The number of hydrogen-bond donors (Lipinski definition) is 1. The van der Waals surface area contributed by atoms with Gasteiger partial charge in [0.2, 0.25) is 0 Å². The molecule has 0 aromatic carbocycles. The zero-order valence-corrected chi connectivity index (χ0v) is 9.53. The SMILES string of the molecule is C[C@@H](N)CCCCSc1nccs1. The predicted octanol–water partition coefficient (Wildman–Crippen LogP) is 2.75.